The average molecular weight is 617 g/mol. The lowest BCUT2D eigenvalue weighted by molar-refractivity contribution is 0.0981. The number of para-hydroxylation sites is 1. The predicted molar refractivity (Wildman–Crippen MR) is 182 cm³/mol. The van der Waals surface area contributed by atoms with Crippen molar-refractivity contribution in [1.29, 1.82) is 0 Å². The summed E-state index contributed by atoms with van der Waals surface area (Å²) in [6, 6.07) is 16.6. The number of nitrogens with zero attached hydrogens (tertiary/aromatic N) is 5. The molecular weight excluding hydrogens is 571 g/mol. The first-order chi connectivity index (χ1) is 21.1. The summed E-state index contributed by atoms with van der Waals surface area (Å²) < 4.78 is 19.3. The van der Waals surface area contributed by atoms with Gasteiger partial charge in [-0.3, -0.25) is 4.90 Å². The number of anilines is 5. The second-order valence-electron chi connectivity index (χ2n) is 12.7. The molecule has 0 aliphatic carbocycles. The highest BCUT2D eigenvalue weighted by atomic mass is 31.2. The molecule has 2 aromatic heterocycles. The molecule has 0 atom stereocenters. The number of rotatable bonds is 9. The van der Waals surface area contributed by atoms with Crippen molar-refractivity contribution in [3.8, 4) is 5.75 Å². The third-order valence-corrected chi connectivity index (χ3v) is 10.1. The Morgan fingerprint density at radius 3 is 2.43 bits per heavy atom. The van der Waals surface area contributed by atoms with Crippen LogP contribution >= 0.6 is 7.14 Å². The Labute approximate surface area is 260 Å². The van der Waals surface area contributed by atoms with Crippen LogP contribution in [-0.4, -0.2) is 96.5 Å². The first kappa shape index (κ1) is 30.4. The van der Waals surface area contributed by atoms with Crippen LogP contribution < -0.4 is 25.6 Å². The molecule has 44 heavy (non-hydrogen) atoms. The minimum absolute atomic E-state index is 0.0439. The molecule has 4 heterocycles. The summed E-state index contributed by atoms with van der Waals surface area (Å²) in [5.74, 6) is 1.95. The fourth-order valence-electron chi connectivity index (χ4n) is 6.26. The third kappa shape index (κ3) is 6.88. The molecule has 4 aromatic rings. The van der Waals surface area contributed by atoms with Gasteiger partial charge in [0, 0.05) is 68.6 Å². The normalized spacial score (nSPS) is 17.4. The van der Waals surface area contributed by atoms with E-state index in [1.165, 1.54) is 25.9 Å². The molecule has 3 N–H and O–H groups in total. The van der Waals surface area contributed by atoms with E-state index in [2.05, 4.69) is 69.4 Å². The number of hydrogen-bond acceptors (Lipinski definition) is 9. The highest BCUT2D eigenvalue weighted by molar-refractivity contribution is 7.70. The second-order valence-corrected chi connectivity index (χ2v) is 15.8. The summed E-state index contributed by atoms with van der Waals surface area (Å²) >= 11 is 0. The second kappa shape index (κ2) is 12.8. The van der Waals surface area contributed by atoms with Gasteiger partial charge in [0.25, 0.3) is 0 Å². The Bertz CT molecular complexity index is 1630. The number of aromatic nitrogens is 3. The number of ether oxygens (including phenoxy) is 1. The first-order valence-electron chi connectivity index (χ1n) is 15.7. The first-order valence-corrected chi connectivity index (χ1v) is 18.3. The molecule has 6 rings (SSSR count). The average Bonchev–Trinajstić information content (AvgIpc) is 3.47. The molecule has 2 aromatic carbocycles. The van der Waals surface area contributed by atoms with Crippen LogP contribution in [0.25, 0.3) is 11.0 Å². The van der Waals surface area contributed by atoms with Crippen LogP contribution in [0.2, 0.25) is 0 Å². The molecule has 234 valence electrons. The van der Waals surface area contributed by atoms with Gasteiger partial charge in [-0.05, 0) is 77.4 Å². The van der Waals surface area contributed by atoms with Gasteiger partial charge in [-0.2, -0.15) is 9.97 Å². The van der Waals surface area contributed by atoms with Crippen LogP contribution in [0.5, 0.6) is 5.75 Å². The van der Waals surface area contributed by atoms with Crippen LogP contribution in [0.15, 0.2) is 54.7 Å². The number of piperidine rings is 1. The van der Waals surface area contributed by atoms with E-state index in [0.717, 1.165) is 59.7 Å². The zero-order valence-electron chi connectivity index (χ0n) is 26.5. The smallest absolute Gasteiger partial charge is 0.231 e. The molecule has 2 saturated heterocycles. The Morgan fingerprint density at radius 2 is 1.70 bits per heavy atom. The summed E-state index contributed by atoms with van der Waals surface area (Å²) in [6.45, 7) is 14.4. The molecule has 2 aliphatic rings. The summed E-state index contributed by atoms with van der Waals surface area (Å²) in [4.78, 5) is 20.4. The van der Waals surface area contributed by atoms with E-state index in [1.807, 2.05) is 36.5 Å². The number of piperazine rings is 1. The van der Waals surface area contributed by atoms with Crippen molar-refractivity contribution < 1.29 is 9.30 Å². The van der Waals surface area contributed by atoms with Crippen molar-refractivity contribution >= 4 is 52.3 Å². The van der Waals surface area contributed by atoms with E-state index in [0.29, 0.717) is 23.5 Å². The number of hydrogen-bond donors (Lipinski definition) is 3. The number of nitrogens with one attached hydrogen (secondary N) is 3. The van der Waals surface area contributed by atoms with E-state index < -0.39 is 7.14 Å². The number of aromatic amines is 1. The standard InChI is InChI=1S/C33H45N8O2P/c1-23(2)43-29-22-24(10-11-28(29)41-16-13-25(14-17-41)40-20-18-39(3)19-21-40)35-33-37-31-26(12-15-34-31)32(38-33)36-27-8-6-7-9-30(27)44(4,5)42/h6-12,15,22-23,25H,13-14,16-21H2,1-5H3,(H3,34,35,36,37,38). The van der Waals surface area contributed by atoms with Gasteiger partial charge in [0.2, 0.25) is 5.95 Å². The predicted octanol–water partition coefficient (Wildman–Crippen LogP) is 5.70. The van der Waals surface area contributed by atoms with Crippen molar-refractivity contribution in [2.45, 2.75) is 38.8 Å². The Balaban J connectivity index is 1.22. The van der Waals surface area contributed by atoms with Crippen molar-refractivity contribution in [3.63, 3.8) is 0 Å². The van der Waals surface area contributed by atoms with Crippen molar-refractivity contribution in [2.24, 2.45) is 0 Å². The number of fused-ring (bicyclic) bond motifs is 1. The highest BCUT2D eigenvalue weighted by Gasteiger charge is 2.28. The lowest BCUT2D eigenvalue weighted by atomic mass is 10.0. The quantitative estimate of drug-likeness (QED) is 0.205. The largest absolute Gasteiger partial charge is 0.489 e. The zero-order valence-corrected chi connectivity index (χ0v) is 27.4. The summed E-state index contributed by atoms with van der Waals surface area (Å²) in [6.07, 6.45) is 4.22. The molecule has 0 spiro atoms. The van der Waals surface area contributed by atoms with Gasteiger partial charge in [-0.15, -0.1) is 0 Å². The lowest BCUT2D eigenvalue weighted by Gasteiger charge is -2.42. The van der Waals surface area contributed by atoms with Gasteiger partial charge in [-0.1, -0.05) is 12.1 Å². The fraction of sp³-hybridized carbons (Fsp3) is 0.455. The van der Waals surface area contributed by atoms with Crippen LogP contribution in [0.4, 0.5) is 28.8 Å². The molecule has 0 amide bonds. The van der Waals surface area contributed by atoms with Crippen LogP contribution in [-0.2, 0) is 4.57 Å². The maximum Gasteiger partial charge on any atom is 0.231 e. The van der Waals surface area contributed by atoms with Gasteiger partial charge < -0.3 is 34.7 Å². The van der Waals surface area contributed by atoms with E-state index >= 15 is 0 Å². The zero-order chi connectivity index (χ0) is 30.8. The number of likely N-dealkylation sites (N-methyl/N-ethyl adjacent to an activating group) is 1. The topological polar surface area (TPSA) is 102 Å². The van der Waals surface area contributed by atoms with Gasteiger partial charge in [0.1, 0.15) is 24.4 Å². The SMILES string of the molecule is CC(C)Oc1cc(Nc2nc(Nc3ccccc3P(C)(C)=O)c3cc[nH]c3n2)ccc1N1CCC(N2CCN(C)CC2)CC1. The van der Waals surface area contributed by atoms with E-state index in [9.17, 15) is 4.57 Å². The summed E-state index contributed by atoms with van der Waals surface area (Å²) in [5.41, 5.74) is 3.46. The minimum Gasteiger partial charge on any atom is -0.489 e. The van der Waals surface area contributed by atoms with Gasteiger partial charge >= 0.3 is 0 Å². The monoisotopic (exact) mass is 616 g/mol. The van der Waals surface area contributed by atoms with E-state index in [4.69, 9.17) is 14.7 Å². The van der Waals surface area contributed by atoms with Gasteiger partial charge in [0.15, 0.2) is 0 Å². The molecule has 0 bridgehead atoms. The van der Waals surface area contributed by atoms with Crippen molar-refractivity contribution in [1.82, 2.24) is 24.8 Å². The molecule has 2 aliphatic heterocycles. The molecule has 2 fully saturated rings. The Hall–Kier alpha value is -3.59. The van der Waals surface area contributed by atoms with Gasteiger partial charge in [-0.25, -0.2) is 0 Å². The molecule has 0 radical (unpaired) electrons. The van der Waals surface area contributed by atoms with Crippen LogP contribution in [0.3, 0.4) is 0 Å². The number of benzene rings is 2. The fourth-order valence-corrected chi connectivity index (χ4v) is 7.41. The Kier molecular flexibility index (Phi) is 8.85. The highest BCUT2D eigenvalue weighted by Crippen LogP contribution is 2.39. The molecular formula is C33H45N8O2P. The Morgan fingerprint density at radius 1 is 0.955 bits per heavy atom. The maximum absolute atomic E-state index is 13.0. The molecule has 11 heteroatoms. The minimum atomic E-state index is -2.50. The molecule has 0 saturated carbocycles. The molecule has 10 nitrogen and oxygen atoms in total. The molecule has 0 unspecified atom stereocenters. The summed E-state index contributed by atoms with van der Waals surface area (Å²) in [5, 5.41) is 8.48. The van der Waals surface area contributed by atoms with Crippen LogP contribution in [0, 0.1) is 0 Å². The van der Waals surface area contributed by atoms with Crippen molar-refractivity contribution in [2.75, 3.05) is 75.2 Å². The number of H-pyrrole nitrogens is 1. The third-order valence-electron chi connectivity index (χ3n) is 8.59. The maximum atomic E-state index is 13.0. The van der Waals surface area contributed by atoms with Crippen LogP contribution in [0.1, 0.15) is 26.7 Å². The van der Waals surface area contributed by atoms with Crippen molar-refractivity contribution in [3.05, 3.63) is 54.7 Å². The van der Waals surface area contributed by atoms with E-state index in [1.54, 1.807) is 13.3 Å². The summed E-state index contributed by atoms with van der Waals surface area (Å²) in [7, 11) is -0.288. The van der Waals surface area contributed by atoms with Gasteiger partial charge in [0.05, 0.1) is 22.9 Å². The van der Waals surface area contributed by atoms with E-state index in [-0.39, 0.29) is 6.10 Å². The lowest BCUT2D eigenvalue weighted by Crippen LogP contribution is -2.52.